The van der Waals surface area contributed by atoms with Gasteiger partial charge in [0.1, 0.15) is 0 Å². The first-order chi connectivity index (χ1) is 7.22. The summed E-state index contributed by atoms with van der Waals surface area (Å²) >= 11 is 0. The van der Waals surface area contributed by atoms with E-state index in [2.05, 4.69) is 56.9 Å². The van der Waals surface area contributed by atoms with Gasteiger partial charge < -0.3 is 0 Å². The SMILES string of the molecule is CCCCC(C)C#Cc1ccc(C)cc1. The molecule has 0 aliphatic rings. The number of rotatable bonds is 3. The maximum atomic E-state index is 3.30. The second-order valence-electron chi connectivity index (χ2n) is 4.18. The summed E-state index contributed by atoms with van der Waals surface area (Å²) in [7, 11) is 0. The van der Waals surface area contributed by atoms with Gasteiger partial charge in [-0.05, 0) is 25.5 Å². The lowest BCUT2D eigenvalue weighted by atomic mass is 10.0. The monoisotopic (exact) mass is 200 g/mol. The van der Waals surface area contributed by atoms with Crippen molar-refractivity contribution in [2.24, 2.45) is 5.92 Å². The Hall–Kier alpha value is -1.22. The number of hydrogen-bond donors (Lipinski definition) is 0. The Labute approximate surface area is 93.7 Å². The van der Waals surface area contributed by atoms with E-state index in [4.69, 9.17) is 0 Å². The highest BCUT2D eigenvalue weighted by molar-refractivity contribution is 5.36. The maximum Gasteiger partial charge on any atom is 0.0245 e. The van der Waals surface area contributed by atoms with Crippen molar-refractivity contribution in [3.05, 3.63) is 35.4 Å². The summed E-state index contributed by atoms with van der Waals surface area (Å²) in [5, 5.41) is 0. The normalized spacial score (nSPS) is 11.7. The van der Waals surface area contributed by atoms with E-state index >= 15 is 0 Å². The summed E-state index contributed by atoms with van der Waals surface area (Å²) in [5.41, 5.74) is 2.42. The van der Waals surface area contributed by atoms with Crippen LogP contribution in [0.2, 0.25) is 0 Å². The molecule has 0 radical (unpaired) electrons. The largest absolute Gasteiger partial charge is 0.0948 e. The molecular weight excluding hydrogens is 180 g/mol. The molecule has 0 fully saturated rings. The Morgan fingerprint density at radius 3 is 2.47 bits per heavy atom. The van der Waals surface area contributed by atoms with Crippen molar-refractivity contribution in [1.29, 1.82) is 0 Å². The highest BCUT2D eigenvalue weighted by atomic mass is 14.0. The van der Waals surface area contributed by atoms with E-state index in [1.807, 2.05) is 0 Å². The van der Waals surface area contributed by atoms with Crippen molar-refractivity contribution in [2.75, 3.05) is 0 Å². The molecule has 1 rings (SSSR count). The van der Waals surface area contributed by atoms with Crippen LogP contribution in [0, 0.1) is 24.7 Å². The Bertz CT molecular complexity index is 335. The van der Waals surface area contributed by atoms with Gasteiger partial charge in [-0.1, -0.05) is 56.2 Å². The average Bonchev–Trinajstić information content (AvgIpc) is 2.25. The van der Waals surface area contributed by atoms with Crippen molar-refractivity contribution in [3.8, 4) is 11.8 Å². The molecule has 0 spiro atoms. The van der Waals surface area contributed by atoms with Crippen LogP contribution in [-0.2, 0) is 0 Å². The van der Waals surface area contributed by atoms with E-state index in [0.717, 1.165) is 5.56 Å². The third kappa shape index (κ3) is 4.70. The molecule has 0 N–H and O–H groups in total. The first kappa shape index (κ1) is 11.9. The standard InChI is InChI=1S/C15H20/c1-4-5-6-13(2)7-10-15-11-8-14(3)9-12-15/h8-9,11-13H,4-6H2,1-3H3. The second-order valence-corrected chi connectivity index (χ2v) is 4.18. The smallest absolute Gasteiger partial charge is 0.0245 e. The van der Waals surface area contributed by atoms with Crippen LogP contribution in [0.4, 0.5) is 0 Å². The van der Waals surface area contributed by atoms with E-state index in [-0.39, 0.29) is 0 Å². The first-order valence-electron chi connectivity index (χ1n) is 5.80. The molecule has 1 aromatic rings. The van der Waals surface area contributed by atoms with Gasteiger partial charge in [0.25, 0.3) is 0 Å². The van der Waals surface area contributed by atoms with E-state index in [1.54, 1.807) is 0 Å². The molecule has 0 heteroatoms. The zero-order valence-corrected chi connectivity index (χ0v) is 10.0. The average molecular weight is 200 g/mol. The molecule has 1 aromatic carbocycles. The molecule has 0 saturated heterocycles. The van der Waals surface area contributed by atoms with Crippen molar-refractivity contribution in [1.82, 2.24) is 0 Å². The Kier molecular flexibility index (Phi) is 4.98. The van der Waals surface area contributed by atoms with Crippen molar-refractivity contribution >= 4 is 0 Å². The van der Waals surface area contributed by atoms with Crippen LogP contribution < -0.4 is 0 Å². The molecule has 0 aliphatic heterocycles. The van der Waals surface area contributed by atoms with Gasteiger partial charge in [-0.25, -0.2) is 0 Å². The molecule has 0 nitrogen and oxygen atoms in total. The summed E-state index contributed by atoms with van der Waals surface area (Å²) in [5.74, 6) is 7.05. The summed E-state index contributed by atoms with van der Waals surface area (Å²) in [6.07, 6.45) is 3.76. The van der Waals surface area contributed by atoms with Crippen LogP contribution in [0.3, 0.4) is 0 Å². The van der Waals surface area contributed by atoms with Gasteiger partial charge in [0.15, 0.2) is 0 Å². The summed E-state index contributed by atoms with van der Waals surface area (Å²) in [4.78, 5) is 0. The highest BCUT2D eigenvalue weighted by Crippen LogP contribution is 2.07. The van der Waals surface area contributed by atoms with Gasteiger partial charge in [-0.2, -0.15) is 0 Å². The highest BCUT2D eigenvalue weighted by Gasteiger charge is 1.94. The summed E-state index contributed by atoms with van der Waals surface area (Å²) < 4.78 is 0. The predicted octanol–water partition coefficient (Wildman–Crippen LogP) is 4.17. The van der Waals surface area contributed by atoms with Gasteiger partial charge in [0.05, 0.1) is 0 Å². The van der Waals surface area contributed by atoms with Crippen molar-refractivity contribution in [3.63, 3.8) is 0 Å². The lowest BCUT2D eigenvalue weighted by Crippen LogP contribution is -1.89. The van der Waals surface area contributed by atoms with E-state index in [0.29, 0.717) is 5.92 Å². The van der Waals surface area contributed by atoms with Gasteiger partial charge in [0, 0.05) is 11.5 Å². The minimum absolute atomic E-state index is 0.520. The number of benzene rings is 1. The predicted molar refractivity (Wildman–Crippen MR) is 66.7 cm³/mol. The van der Waals surface area contributed by atoms with Gasteiger partial charge in [-0.15, -0.1) is 0 Å². The molecule has 1 atom stereocenters. The fourth-order valence-electron chi connectivity index (χ4n) is 1.43. The van der Waals surface area contributed by atoms with Crippen LogP contribution in [0.5, 0.6) is 0 Å². The Morgan fingerprint density at radius 1 is 1.20 bits per heavy atom. The van der Waals surface area contributed by atoms with E-state index in [1.165, 1.54) is 24.8 Å². The van der Waals surface area contributed by atoms with Gasteiger partial charge >= 0.3 is 0 Å². The summed E-state index contributed by atoms with van der Waals surface area (Å²) in [6.45, 7) is 6.53. The third-order valence-corrected chi connectivity index (χ3v) is 2.51. The van der Waals surface area contributed by atoms with Crippen LogP contribution in [0.25, 0.3) is 0 Å². The second kappa shape index (κ2) is 6.30. The topological polar surface area (TPSA) is 0 Å². The molecule has 1 unspecified atom stereocenters. The molecule has 0 bridgehead atoms. The molecule has 0 aromatic heterocycles. The Morgan fingerprint density at radius 2 is 1.87 bits per heavy atom. The van der Waals surface area contributed by atoms with Crippen LogP contribution in [0.15, 0.2) is 24.3 Å². The number of unbranched alkanes of at least 4 members (excludes halogenated alkanes) is 1. The number of hydrogen-bond acceptors (Lipinski definition) is 0. The quantitative estimate of drug-likeness (QED) is 0.642. The van der Waals surface area contributed by atoms with Crippen LogP contribution in [0.1, 0.15) is 44.2 Å². The van der Waals surface area contributed by atoms with Crippen LogP contribution in [-0.4, -0.2) is 0 Å². The number of aryl methyl sites for hydroxylation is 1. The first-order valence-corrected chi connectivity index (χ1v) is 5.80. The molecule has 80 valence electrons. The zero-order chi connectivity index (χ0) is 11.1. The molecule has 0 saturated carbocycles. The van der Waals surface area contributed by atoms with Gasteiger partial charge in [0.2, 0.25) is 0 Å². The summed E-state index contributed by atoms with van der Waals surface area (Å²) in [6, 6.07) is 8.41. The molecular formula is C15H20. The minimum atomic E-state index is 0.520. The molecule has 0 aliphatic carbocycles. The van der Waals surface area contributed by atoms with E-state index in [9.17, 15) is 0 Å². The lowest BCUT2D eigenvalue weighted by molar-refractivity contribution is 0.613. The lowest BCUT2D eigenvalue weighted by Gasteiger charge is -2.00. The van der Waals surface area contributed by atoms with Crippen molar-refractivity contribution < 1.29 is 0 Å². The fourth-order valence-corrected chi connectivity index (χ4v) is 1.43. The third-order valence-electron chi connectivity index (χ3n) is 2.51. The molecule has 0 amide bonds. The zero-order valence-electron chi connectivity index (χ0n) is 10.0. The Balaban J connectivity index is 2.53. The van der Waals surface area contributed by atoms with Crippen LogP contribution >= 0.6 is 0 Å². The van der Waals surface area contributed by atoms with Gasteiger partial charge in [-0.3, -0.25) is 0 Å². The molecule has 0 heterocycles. The van der Waals surface area contributed by atoms with Crippen molar-refractivity contribution in [2.45, 2.75) is 40.0 Å². The molecule has 15 heavy (non-hydrogen) atoms. The van der Waals surface area contributed by atoms with E-state index < -0.39 is 0 Å². The maximum absolute atomic E-state index is 3.30. The fraction of sp³-hybridized carbons (Fsp3) is 0.467. The minimum Gasteiger partial charge on any atom is -0.0948 e.